The molecule has 0 amide bonds. The van der Waals surface area contributed by atoms with Gasteiger partial charge in [-0.15, -0.1) is 0 Å². The molecule has 2 heterocycles. The molecular weight excluding hydrogens is 430 g/mol. The van der Waals surface area contributed by atoms with Gasteiger partial charge in [-0.1, -0.05) is 32.6 Å². The van der Waals surface area contributed by atoms with Crippen molar-refractivity contribution in [3.63, 3.8) is 0 Å². The summed E-state index contributed by atoms with van der Waals surface area (Å²) in [4.78, 5) is 19.6. The minimum atomic E-state index is -0.725. The molecule has 3 rings (SSSR count). The fraction of sp³-hybridized carbons (Fsp3) is 0.630. The lowest BCUT2D eigenvalue weighted by atomic mass is 9.91. The number of fused-ring (bicyclic) bond motifs is 1. The van der Waals surface area contributed by atoms with Crippen molar-refractivity contribution in [1.29, 1.82) is 0 Å². The van der Waals surface area contributed by atoms with Gasteiger partial charge in [0, 0.05) is 30.7 Å². The summed E-state index contributed by atoms with van der Waals surface area (Å²) >= 11 is 0. The SMILES string of the molecule is CCCCCCCN1CCC(NC[C@H](O)c2ccnc3ccc(OC)cc23)C(C(=O)OCC)C1. The average molecular weight is 472 g/mol. The summed E-state index contributed by atoms with van der Waals surface area (Å²) in [5.41, 5.74) is 1.61. The van der Waals surface area contributed by atoms with Gasteiger partial charge < -0.3 is 24.8 Å². The molecule has 3 atom stereocenters. The largest absolute Gasteiger partial charge is 0.497 e. The molecule has 1 aliphatic rings. The third-order valence-electron chi connectivity index (χ3n) is 6.78. The Morgan fingerprint density at radius 1 is 1.24 bits per heavy atom. The summed E-state index contributed by atoms with van der Waals surface area (Å²) in [7, 11) is 1.63. The molecule has 0 aliphatic carbocycles. The average Bonchev–Trinajstić information content (AvgIpc) is 2.86. The quantitative estimate of drug-likeness (QED) is 0.336. The number of unbranched alkanes of at least 4 members (excludes halogenated alkanes) is 4. The number of piperidine rings is 1. The smallest absolute Gasteiger partial charge is 0.311 e. The first-order valence-electron chi connectivity index (χ1n) is 12.8. The van der Waals surface area contributed by atoms with Crippen molar-refractivity contribution in [2.75, 3.05) is 39.9 Å². The second-order valence-corrected chi connectivity index (χ2v) is 9.18. The molecule has 1 saturated heterocycles. The number of nitrogens with one attached hydrogen (secondary N) is 1. The van der Waals surface area contributed by atoms with Crippen LogP contribution < -0.4 is 10.1 Å². The summed E-state index contributed by atoms with van der Waals surface area (Å²) in [6.07, 6.45) is 8.08. The molecule has 0 bridgehead atoms. The number of aliphatic hydroxyl groups excluding tert-OH is 1. The van der Waals surface area contributed by atoms with Gasteiger partial charge in [0.1, 0.15) is 5.75 Å². The fourth-order valence-corrected chi connectivity index (χ4v) is 4.83. The first-order chi connectivity index (χ1) is 16.6. The van der Waals surface area contributed by atoms with Crippen LogP contribution in [-0.2, 0) is 9.53 Å². The van der Waals surface area contributed by atoms with E-state index in [-0.39, 0.29) is 17.9 Å². The van der Waals surface area contributed by atoms with Crippen molar-refractivity contribution in [2.45, 2.75) is 64.5 Å². The predicted octanol–water partition coefficient (Wildman–Crippen LogP) is 4.09. The summed E-state index contributed by atoms with van der Waals surface area (Å²) in [6, 6.07) is 7.49. The summed E-state index contributed by atoms with van der Waals surface area (Å²) in [5, 5.41) is 15.4. The molecular formula is C27H41N3O4. The highest BCUT2D eigenvalue weighted by Crippen LogP contribution is 2.27. The molecule has 188 valence electrons. The predicted molar refractivity (Wildman–Crippen MR) is 135 cm³/mol. The molecule has 2 aromatic rings. The number of nitrogens with zero attached hydrogens (tertiary/aromatic N) is 2. The van der Waals surface area contributed by atoms with E-state index >= 15 is 0 Å². The van der Waals surface area contributed by atoms with Gasteiger partial charge in [-0.25, -0.2) is 0 Å². The second kappa shape index (κ2) is 13.6. The zero-order chi connectivity index (χ0) is 24.3. The van der Waals surface area contributed by atoms with Gasteiger partial charge in [0.25, 0.3) is 0 Å². The fourth-order valence-electron chi connectivity index (χ4n) is 4.83. The number of esters is 1. The molecule has 7 heteroatoms. The van der Waals surface area contributed by atoms with Gasteiger partial charge in [0.2, 0.25) is 0 Å². The number of carbonyl (C=O) groups excluding carboxylic acids is 1. The van der Waals surface area contributed by atoms with Gasteiger partial charge >= 0.3 is 5.97 Å². The van der Waals surface area contributed by atoms with Crippen LogP contribution in [0.15, 0.2) is 30.5 Å². The van der Waals surface area contributed by atoms with E-state index in [4.69, 9.17) is 9.47 Å². The van der Waals surface area contributed by atoms with Crippen molar-refractivity contribution in [3.05, 3.63) is 36.0 Å². The van der Waals surface area contributed by atoms with Crippen LogP contribution in [0, 0.1) is 5.92 Å². The van der Waals surface area contributed by atoms with Gasteiger partial charge in [-0.05, 0) is 62.7 Å². The number of benzene rings is 1. The summed E-state index contributed by atoms with van der Waals surface area (Å²) in [5.74, 6) is 0.349. The molecule has 0 radical (unpaired) electrons. The van der Waals surface area contributed by atoms with Crippen LogP contribution in [0.2, 0.25) is 0 Å². The van der Waals surface area contributed by atoms with E-state index in [2.05, 4.69) is 22.1 Å². The maximum Gasteiger partial charge on any atom is 0.311 e. The van der Waals surface area contributed by atoms with Crippen molar-refractivity contribution in [2.24, 2.45) is 5.92 Å². The van der Waals surface area contributed by atoms with E-state index < -0.39 is 6.10 Å². The van der Waals surface area contributed by atoms with Crippen LogP contribution in [0.1, 0.15) is 64.0 Å². The highest BCUT2D eigenvalue weighted by molar-refractivity contribution is 5.83. The Morgan fingerprint density at radius 3 is 2.82 bits per heavy atom. The Morgan fingerprint density at radius 2 is 2.06 bits per heavy atom. The molecule has 1 fully saturated rings. The van der Waals surface area contributed by atoms with E-state index in [1.165, 1.54) is 32.1 Å². The molecule has 2 N–H and O–H groups in total. The lowest BCUT2D eigenvalue weighted by Gasteiger charge is -2.38. The van der Waals surface area contributed by atoms with E-state index in [0.717, 1.165) is 41.7 Å². The lowest BCUT2D eigenvalue weighted by molar-refractivity contribution is -0.151. The number of pyridine rings is 1. The first-order valence-corrected chi connectivity index (χ1v) is 12.8. The Kier molecular flexibility index (Phi) is 10.6. The highest BCUT2D eigenvalue weighted by atomic mass is 16.5. The topological polar surface area (TPSA) is 83.9 Å². The first kappa shape index (κ1) is 26.4. The third kappa shape index (κ3) is 7.14. The summed E-state index contributed by atoms with van der Waals surface area (Å²) < 4.78 is 10.8. The Bertz CT molecular complexity index is 907. The minimum absolute atomic E-state index is 0.0207. The van der Waals surface area contributed by atoms with E-state index in [0.29, 0.717) is 19.7 Å². The molecule has 1 aliphatic heterocycles. The molecule has 1 aromatic carbocycles. The van der Waals surface area contributed by atoms with Crippen LogP contribution in [0.3, 0.4) is 0 Å². The number of likely N-dealkylation sites (tertiary alicyclic amines) is 1. The van der Waals surface area contributed by atoms with Crippen LogP contribution in [-0.4, -0.2) is 66.9 Å². The zero-order valence-electron chi connectivity index (χ0n) is 21.0. The standard InChI is InChI=1S/C27H41N3O4/c1-4-6-7-8-9-15-30-16-13-25(23(19-30)27(32)34-5-2)29-18-26(31)21-12-14-28-24-11-10-20(33-3)17-22(21)24/h10-12,14,17,23,25-26,29,31H,4-9,13,15-16,18-19H2,1-3H3/t23?,25?,26-/m0/s1. The molecule has 0 saturated carbocycles. The van der Waals surface area contributed by atoms with Gasteiger partial charge in [-0.2, -0.15) is 0 Å². The van der Waals surface area contributed by atoms with Crippen LogP contribution in [0.4, 0.5) is 0 Å². The van der Waals surface area contributed by atoms with Gasteiger partial charge in [-0.3, -0.25) is 9.78 Å². The number of carbonyl (C=O) groups is 1. The minimum Gasteiger partial charge on any atom is -0.497 e. The van der Waals surface area contributed by atoms with E-state index in [1.807, 2.05) is 31.2 Å². The zero-order valence-corrected chi connectivity index (χ0v) is 21.0. The van der Waals surface area contributed by atoms with Crippen molar-refractivity contribution in [1.82, 2.24) is 15.2 Å². The third-order valence-corrected chi connectivity index (χ3v) is 6.78. The van der Waals surface area contributed by atoms with Crippen LogP contribution >= 0.6 is 0 Å². The molecule has 1 aromatic heterocycles. The molecule has 34 heavy (non-hydrogen) atoms. The summed E-state index contributed by atoms with van der Waals surface area (Å²) in [6.45, 7) is 7.50. The molecule has 7 nitrogen and oxygen atoms in total. The number of hydrogen-bond acceptors (Lipinski definition) is 7. The number of rotatable bonds is 13. The van der Waals surface area contributed by atoms with Crippen molar-refractivity contribution in [3.8, 4) is 5.75 Å². The second-order valence-electron chi connectivity index (χ2n) is 9.18. The van der Waals surface area contributed by atoms with Crippen molar-refractivity contribution >= 4 is 16.9 Å². The van der Waals surface area contributed by atoms with Crippen LogP contribution in [0.25, 0.3) is 10.9 Å². The molecule has 2 unspecified atom stereocenters. The van der Waals surface area contributed by atoms with Gasteiger partial charge in [0.05, 0.1) is 31.3 Å². The Labute approximate surface area is 203 Å². The lowest BCUT2D eigenvalue weighted by Crippen LogP contribution is -2.53. The molecule has 0 spiro atoms. The monoisotopic (exact) mass is 471 g/mol. The Balaban J connectivity index is 1.62. The number of aliphatic hydroxyl groups is 1. The van der Waals surface area contributed by atoms with Crippen molar-refractivity contribution < 1.29 is 19.4 Å². The highest BCUT2D eigenvalue weighted by Gasteiger charge is 2.35. The number of ether oxygens (including phenoxy) is 2. The maximum atomic E-state index is 12.8. The van der Waals surface area contributed by atoms with E-state index in [9.17, 15) is 9.90 Å². The number of hydrogen-bond donors (Lipinski definition) is 2. The Hall–Kier alpha value is -2.22. The number of aromatic nitrogens is 1. The van der Waals surface area contributed by atoms with Crippen LogP contribution in [0.5, 0.6) is 5.75 Å². The maximum absolute atomic E-state index is 12.8. The number of methoxy groups -OCH3 is 1. The van der Waals surface area contributed by atoms with Gasteiger partial charge in [0.15, 0.2) is 0 Å². The normalized spacial score (nSPS) is 19.8. The van der Waals surface area contributed by atoms with E-state index in [1.54, 1.807) is 13.3 Å².